The lowest BCUT2D eigenvalue weighted by Crippen LogP contribution is -2.04. The van der Waals surface area contributed by atoms with E-state index < -0.39 is 0 Å². The second kappa shape index (κ2) is 8.78. The predicted octanol–water partition coefficient (Wildman–Crippen LogP) is 5.89. The van der Waals surface area contributed by atoms with E-state index in [1.54, 1.807) is 6.26 Å². The molecule has 2 heterocycles. The van der Waals surface area contributed by atoms with Crippen LogP contribution >= 0.6 is 12.4 Å². The number of halogens is 1. The number of hydrogen-bond acceptors (Lipinski definition) is 3. The maximum Gasteiger partial charge on any atom is 0.177 e. The average Bonchev–Trinajstić information content (AvgIpc) is 3.31. The van der Waals surface area contributed by atoms with Gasteiger partial charge >= 0.3 is 0 Å². The highest BCUT2D eigenvalue weighted by atomic mass is 35.5. The maximum atomic E-state index is 5.90. The molecule has 4 aromatic rings. The Balaban J connectivity index is 0.00000210. The van der Waals surface area contributed by atoms with Crippen LogP contribution in [0.4, 0.5) is 0 Å². The number of para-hydroxylation sites is 3. The van der Waals surface area contributed by atoms with Crippen LogP contribution in [0.3, 0.4) is 0 Å². The number of aromatic nitrogens is 2. The first-order chi connectivity index (χ1) is 12.8. The zero-order valence-electron chi connectivity index (χ0n) is 15.3. The molecule has 0 unspecified atom stereocenters. The number of ether oxygens (including phenoxy) is 1. The number of hydrogen-bond donors (Lipinski definition) is 0. The predicted molar refractivity (Wildman–Crippen MR) is 111 cm³/mol. The Morgan fingerprint density at radius 2 is 1.78 bits per heavy atom. The van der Waals surface area contributed by atoms with E-state index in [2.05, 4.69) is 23.6 Å². The molecule has 0 saturated carbocycles. The summed E-state index contributed by atoms with van der Waals surface area (Å²) in [6.07, 6.45) is 3.69. The zero-order valence-corrected chi connectivity index (χ0v) is 16.1. The lowest BCUT2D eigenvalue weighted by molar-refractivity contribution is 0.301. The van der Waals surface area contributed by atoms with E-state index in [1.165, 1.54) is 5.56 Å². The average molecular weight is 383 g/mol. The molecule has 0 radical (unpaired) electrons. The van der Waals surface area contributed by atoms with Gasteiger partial charge in [0.05, 0.1) is 23.9 Å². The van der Waals surface area contributed by atoms with Gasteiger partial charge in [-0.3, -0.25) is 0 Å². The molecule has 0 bridgehead atoms. The van der Waals surface area contributed by atoms with Crippen LogP contribution < -0.4 is 4.74 Å². The highest BCUT2D eigenvalue weighted by Gasteiger charge is 2.14. The molecule has 0 aliphatic rings. The van der Waals surface area contributed by atoms with Crippen molar-refractivity contribution in [1.29, 1.82) is 0 Å². The minimum Gasteiger partial charge on any atom is -0.493 e. The van der Waals surface area contributed by atoms with Crippen LogP contribution in [0.15, 0.2) is 71.3 Å². The van der Waals surface area contributed by atoms with Crippen LogP contribution in [0.1, 0.15) is 18.4 Å². The zero-order chi connectivity index (χ0) is 17.8. The fourth-order valence-electron chi connectivity index (χ4n) is 3.17. The van der Waals surface area contributed by atoms with Crippen molar-refractivity contribution >= 4 is 23.4 Å². The summed E-state index contributed by atoms with van der Waals surface area (Å²) in [7, 11) is 0. The van der Waals surface area contributed by atoms with Crippen LogP contribution in [0.5, 0.6) is 5.75 Å². The normalized spacial score (nSPS) is 10.7. The molecule has 0 aliphatic carbocycles. The van der Waals surface area contributed by atoms with Gasteiger partial charge in [-0.25, -0.2) is 4.98 Å². The number of unbranched alkanes of at least 4 members (excludes halogenated alkanes) is 1. The minimum absolute atomic E-state index is 0. The third kappa shape index (κ3) is 4.17. The molecule has 0 aliphatic heterocycles. The molecule has 2 aromatic heterocycles. The van der Waals surface area contributed by atoms with Crippen LogP contribution in [-0.4, -0.2) is 16.2 Å². The van der Waals surface area contributed by atoms with Crippen LogP contribution in [-0.2, 0) is 6.54 Å². The molecule has 27 heavy (non-hydrogen) atoms. The van der Waals surface area contributed by atoms with Crippen molar-refractivity contribution in [2.75, 3.05) is 6.61 Å². The number of furan rings is 1. The highest BCUT2D eigenvalue weighted by Crippen LogP contribution is 2.25. The summed E-state index contributed by atoms with van der Waals surface area (Å²) in [5.41, 5.74) is 3.31. The van der Waals surface area contributed by atoms with Crippen molar-refractivity contribution < 1.29 is 9.15 Å². The first-order valence-corrected chi connectivity index (χ1v) is 9.00. The summed E-state index contributed by atoms with van der Waals surface area (Å²) in [4.78, 5) is 4.75. The maximum absolute atomic E-state index is 5.90. The number of benzene rings is 2. The second-order valence-corrected chi connectivity index (χ2v) is 6.37. The Hall–Kier alpha value is -2.72. The molecule has 0 spiro atoms. The van der Waals surface area contributed by atoms with Crippen molar-refractivity contribution in [2.45, 2.75) is 26.3 Å². The number of imidazole rings is 1. The summed E-state index contributed by atoms with van der Waals surface area (Å²) in [5.74, 6) is 2.66. The largest absolute Gasteiger partial charge is 0.493 e. The number of rotatable bonds is 7. The van der Waals surface area contributed by atoms with Crippen molar-refractivity contribution in [3.05, 3.63) is 72.5 Å². The molecule has 0 amide bonds. The lowest BCUT2D eigenvalue weighted by Gasteiger charge is -2.10. The molecular formula is C22H23ClN2O2. The SMILES string of the molecule is Cc1ccccc1OCCCCn1c(-c2ccco2)nc2ccccc21.Cl. The Morgan fingerprint density at radius 1 is 0.963 bits per heavy atom. The first-order valence-electron chi connectivity index (χ1n) is 9.00. The first kappa shape index (κ1) is 19.1. The number of fused-ring (bicyclic) bond motifs is 1. The molecule has 0 saturated heterocycles. The molecule has 4 nitrogen and oxygen atoms in total. The third-order valence-corrected chi connectivity index (χ3v) is 4.52. The smallest absolute Gasteiger partial charge is 0.177 e. The summed E-state index contributed by atoms with van der Waals surface area (Å²) in [6, 6.07) is 20.2. The van der Waals surface area contributed by atoms with E-state index in [-0.39, 0.29) is 12.4 Å². The van der Waals surface area contributed by atoms with Crippen molar-refractivity contribution in [3.63, 3.8) is 0 Å². The topological polar surface area (TPSA) is 40.2 Å². The third-order valence-electron chi connectivity index (χ3n) is 4.52. The van der Waals surface area contributed by atoms with Crippen LogP contribution in [0.2, 0.25) is 0 Å². The van der Waals surface area contributed by atoms with Gasteiger partial charge in [0.1, 0.15) is 5.75 Å². The molecule has 5 heteroatoms. The molecule has 4 rings (SSSR count). The summed E-state index contributed by atoms with van der Waals surface area (Å²) in [5, 5.41) is 0. The van der Waals surface area contributed by atoms with Gasteiger partial charge in [-0.2, -0.15) is 0 Å². The summed E-state index contributed by atoms with van der Waals surface area (Å²) in [6.45, 7) is 3.67. The van der Waals surface area contributed by atoms with Gasteiger partial charge in [-0.15, -0.1) is 12.4 Å². The van der Waals surface area contributed by atoms with Gasteiger partial charge in [-0.05, 0) is 55.7 Å². The van der Waals surface area contributed by atoms with Gasteiger partial charge in [-0.1, -0.05) is 30.3 Å². The number of nitrogens with zero attached hydrogens (tertiary/aromatic N) is 2. The van der Waals surface area contributed by atoms with E-state index >= 15 is 0 Å². The Bertz CT molecular complexity index is 993. The van der Waals surface area contributed by atoms with Crippen molar-refractivity contribution in [3.8, 4) is 17.3 Å². The van der Waals surface area contributed by atoms with E-state index in [0.717, 1.165) is 47.8 Å². The van der Waals surface area contributed by atoms with Gasteiger partial charge in [0.2, 0.25) is 0 Å². The van der Waals surface area contributed by atoms with Crippen molar-refractivity contribution in [1.82, 2.24) is 9.55 Å². The van der Waals surface area contributed by atoms with Crippen LogP contribution in [0, 0.1) is 6.92 Å². The van der Waals surface area contributed by atoms with Crippen LogP contribution in [0.25, 0.3) is 22.6 Å². The van der Waals surface area contributed by atoms with Gasteiger partial charge in [0.25, 0.3) is 0 Å². The molecule has 0 fully saturated rings. The van der Waals surface area contributed by atoms with E-state index in [1.807, 2.05) is 48.5 Å². The summed E-state index contributed by atoms with van der Waals surface area (Å²) < 4.78 is 13.7. The van der Waals surface area contributed by atoms with E-state index in [0.29, 0.717) is 6.61 Å². The Labute approximate surface area is 165 Å². The van der Waals surface area contributed by atoms with Gasteiger partial charge in [0, 0.05) is 6.54 Å². The fourth-order valence-corrected chi connectivity index (χ4v) is 3.17. The molecule has 0 atom stereocenters. The van der Waals surface area contributed by atoms with E-state index in [9.17, 15) is 0 Å². The standard InChI is InChI=1S/C22H22N2O2.ClH/c1-17-9-2-5-12-20(17)25-15-7-6-14-24-19-11-4-3-10-18(19)23-22(24)21-13-8-16-26-21;/h2-5,8-13,16H,6-7,14-15H2,1H3;1H. The Kier molecular flexibility index (Phi) is 6.20. The second-order valence-electron chi connectivity index (χ2n) is 6.37. The molecular weight excluding hydrogens is 360 g/mol. The van der Waals surface area contributed by atoms with Crippen molar-refractivity contribution in [2.24, 2.45) is 0 Å². The minimum atomic E-state index is 0. The highest BCUT2D eigenvalue weighted by molar-refractivity contribution is 5.85. The Morgan fingerprint density at radius 3 is 2.59 bits per heavy atom. The van der Waals surface area contributed by atoms with Gasteiger partial charge in [0.15, 0.2) is 11.6 Å². The van der Waals surface area contributed by atoms with Gasteiger partial charge < -0.3 is 13.7 Å². The summed E-state index contributed by atoms with van der Waals surface area (Å²) >= 11 is 0. The lowest BCUT2D eigenvalue weighted by atomic mass is 10.2. The number of aryl methyl sites for hydroxylation is 2. The van der Waals surface area contributed by atoms with E-state index in [4.69, 9.17) is 14.1 Å². The molecule has 140 valence electrons. The fraction of sp³-hybridized carbons (Fsp3) is 0.227. The molecule has 2 aromatic carbocycles. The quantitative estimate of drug-likeness (QED) is 0.374. The monoisotopic (exact) mass is 382 g/mol. The molecule has 0 N–H and O–H groups in total.